The normalized spacial score (nSPS) is 11.3. The number of carbonyl (C=O) groups excluding carboxylic acids is 1. The highest BCUT2D eigenvalue weighted by atomic mass is 35.5. The van der Waals surface area contributed by atoms with Crippen LogP contribution in [0.15, 0.2) is 46.5 Å². The summed E-state index contributed by atoms with van der Waals surface area (Å²) in [5, 5.41) is 16.3. The van der Waals surface area contributed by atoms with E-state index in [2.05, 4.69) is 10.5 Å². The standard InChI is InChI=1S/C20H17ClN4O2/c1-12-8-15(14(3)25(12)18-6-4-17(21)5-7-18)10-16(11-22)20(26)23-19-9-13(2)27-24-19/h4-10H,1-3H3,(H,23,24,26)/b16-10-. The molecule has 1 amide bonds. The summed E-state index contributed by atoms with van der Waals surface area (Å²) in [6, 6.07) is 12.9. The number of carbonyl (C=O) groups is 1. The van der Waals surface area contributed by atoms with E-state index in [1.54, 1.807) is 19.1 Å². The van der Waals surface area contributed by atoms with Crippen molar-refractivity contribution < 1.29 is 9.32 Å². The molecule has 0 atom stereocenters. The summed E-state index contributed by atoms with van der Waals surface area (Å²) in [5.41, 5.74) is 3.60. The average Bonchev–Trinajstić information content (AvgIpc) is 3.16. The number of aromatic nitrogens is 2. The molecule has 3 aromatic rings. The van der Waals surface area contributed by atoms with Crippen molar-refractivity contribution in [2.75, 3.05) is 5.32 Å². The van der Waals surface area contributed by atoms with Crippen molar-refractivity contribution >= 4 is 29.4 Å². The summed E-state index contributed by atoms with van der Waals surface area (Å²) >= 11 is 5.96. The van der Waals surface area contributed by atoms with Crippen molar-refractivity contribution in [2.24, 2.45) is 0 Å². The van der Waals surface area contributed by atoms with Gasteiger partial charge in [0.05, 0.1) is 0 Å². The summed E-state index contributed by atoms with van der Waals surface area (Å²) in [5.74, 6) is 0.298. The van der Waals surface area contributed by atoms with Gasteiger partial charge in [0, 0.05) is 28.2 Å². The van der Waals surface area contributed by atoms with Gasteiger partial charge in [-0.25, -0.2) is 0 Å². The number of nitriles is 1. The molecule has 7 heteroatoms. The molecule has 1 N–H and O–H groups in total. The first kappa shape index (κ1) is 18.5. The molecule has 3 rings (SSSR count). The third-order valence-corrected chi connectivity index (χ3v) is 4.34. The van der Waals surface area contributed by atoms with Crippen LogP contribution in [0.2, 0.25) is 5.02 Å². The lowest BCUT2D eigenvalue weighted by molar-refractivity contribution is -0.112. The van der Waals surface area contributed by atoms with Crippen LogP contribution in [-0.4, -0.2) is 15.6 Å². The molecule has 0 spiro atoms. The summed E-state index contributed by atoms with van der Waals surface area (Å²) in [6.07, 6.45) is 1.57. The van der Waals surface area contributed by atoms with E-state index in [1.807, 2.05) is 54.8 Å². The molecule has 6 nitrogen and oxygen atoms in total. The number of hydrogen-bond acceptors (Lipinski definition) is 4. The smallest absolute Gasteiger partial charge is 0.267 e. The first-order chi connectivity index (χ1) is 12.9. The summed E-state index contributed by atoms with van der Waals surface area (Å²) < 4.78 is 6.95. The lowest BCUT2D eigenvalue weighted by Crippen LogP contribution is -2.13. The molecule has 136 valence electrons. The predicted octanol–water partition coefficient (Wildman–Crippen LogP) is 4.59. The number of nitrogens with zero attached hydrogens (tertiary/aromatic N) is 3. The summed E-state index contributed by atoms with van der Waals surface area (Å²) in [7, 11) is 0. The highest BCUT2D eigenvalue weighted by molar-refractivity contribution is 6.30. The van der Waals surface area contributed by atoms with E-state index >= 15 is 0 Å². The summed E-state index contributed by atoms with van der Waals surface area (Å²) in [4.78, 5) is 12.4. The molecule has 0 saturated carbocycles. The van der Waals surface area contributed by atoms with Crippen LogP contribution in [0.5, 0.6) is 0 Å². The Hall–Kier alpha value is -3.30. The molecule has 2 aromatic heterocycles. The van der Waals surface area contributed by atoms with Crippen molar-refractivity contribution in [3.63, 3.8) is 0 Å². The number of rotatable bonds is 4. The molecular formula is C20H17ClN4O2. The second kappa shape index (κ2) is 7.52. The number of hydrogen-bond donors (Lipinski definition) is 1. The molecular weight excluding hydrogens is 364 g/mol. The van der Waals surface area contributed by atoms with Crippen molar-refractivity contribution in [1.82, 2.24) is 9.72 Å². The van der Waals surface area contributed by atoms with E-state index in [0.717, 1.165) is 22.6 Å². The van der Waals surface area contributed by atoms with Crippen LogP contribution in [0.1, 0.15) is 22.7 Å². The molecule has 0 aliphatic rings. The van der Waals surface area contributed by atoms with Gasteiger partial charge in [-0.15, -0.1) is 0 Å². The Morgan fingerprint density at radius 2 is 1.96 bits per heavy atom. The van der Waals surface area contributed by atoms with Crippen LogP contribution < -0.4 is 5.32 Å². The van der Waals surface area contributed by atoms with Gasteiger partial charge in [0.2, 0.25) is 0 Å². The van der Waals surface area contributed by atoms with Gasteiger partial charge < -0.3 is 14.4 Å². The maximum absolute atomic E-state index is 12.4. The fourth-order valence-electron chi connectivity index (χ4n) is 2.83. The zero-order chi connectivity index (χ0) is 19.6. The first-order valence-electron chi connectivity index (χ1n) is 8.20. The molecule has 1 aromatic carbocycles. The van der Waals surface area contributed by atoms with Gasteiger partial charge in [0.1, 0.15) is 17.4 Å². The van der Waals surface area contributed by atoms with Crippen LogP contribution in [-0.2, 0) is 4.79 Å². The quantitative estimate of drug-likeness (QED) is 0.530. The van der Waals surface area contributed by atoms with Crippen molar-refractivity contribution in [3.05, 3.63) is 69.7 Å². The molecule has 0 fully saturated rings. The van der Waals surface area contributed by atoms with Crippen molar-refractivity contribution in [2.45, 2.75) is 20.8 Å². The third kappa shape index (κ3) is 3.94. The SMILES string of the molecule is Cc1cc(NC(=O)/C(C#N)=C\c2cc(C)n(-c3ccc(Cl)cc3)c2C)no1. The Kier molecular flexibility index (Phi) is 5.15. The van der Waals surface area contributed by atoms with E-state index in [-0.39, 0.29) is 11.4 Å². The number of amides is 1. The zero-order valence-electron chi connectivity index (χ0n) is 15.1. The van der Waals surface area contributed by atoms with E-state index in [4.69, 9.17) is 16.1 Å². The Morgan fingerprint density at radius 3 is 2.56 bits per heavy atom. The number of halogens is 1. The van der Waals surface area contributed by atoms with Gasteiger partial charge >= 0.3 is 0 Å². The average molecular weight is 381 g/mol. The van der Waals surface area contributed by atoms with Crippen LogP contribution in [0.25, 0.3) is 11.8 Å². The van der Waals surface area contributed by atoms with E-state index in [0.29, 0.717) is 10.8 Å². The first-order valence-corrected chi connectivity index (χ1v) is 8.58. The number of aryl methyl sites for hydroxylation is 2. The topological polar surface area (TPSA) is 83.9 Å². The maximum Gasteiger partial charge on any atom is 0.267 e. The fraction of sp³-hybridized carbons (Fsp3) is 0.150. The minimum atomic E-state index is -0.540. The largest absolute Gasteiger partial charge is 0.360 e. The molecule has 0 saturated heterocycles. The minimum absolute atomic E-state index is 0.0213. The van der Waals surface area contributed by atoms with Gasteiger partial charge in [-0.2, -0.15) is 5.26 Å². The van der Waals surface area contributed by atoms with Crippen molar-refractivity contribution in [3.8, 4) is 11.8 Å². The Labute approximate surface area is 161 Å². The number of benzene rings is 1. The highest BCUT2D eigenvalue weighted by Gasteiger charge is 2.15. The Morgan fingerprint density at radius 1 is 1.26 bits per heavy atom. The second-order valence-electron chi connectivity index (χ2n) is 6.09. The maximum atomic E-state index is 12.4. The molecule has 0 radical (unpaired) electrons. The second-order valence-corrected chi connectivity index (χ2v) is 6.52. The summed E-state index contributed by atoms with van der Waals surface area (Å²) in [6.45, 7) is 5.61. The molecule has 0 aliphatic heterocycles. The molecule has 0 bridgehead atoms. The lowest BCUT2D eigenvalue weighted by atomic mass is 10.1. The predicted molar refractivity (Wildman–Crippen MR) is 104 cm³/mol. The number of nitrogens with one attached hydrogen (secondary N) is 1. The zero-order valence-corrected chi connectivity index (χ0v) is 15.8. The molecule has 0 aliphatic carbocycles. The van der Waals surface area contributed by atoms with Gasteiger partial charge in [-0.3, -0.25) is 4.79 Å². The van der Waals surface area contributed by atoms with Gasteiger partial charge in [-0.05, 0) is 62.7 Å². The van der Waals surface area contributed by atoms with Gasteiger partial charge in [-0.1, -0.05) is 16.8 Å². The minimum Gasteiger partial charge on any atom is -0.360 e. The number of anilines is 1. The van der Waals surface area contributed by atoms with Gasteiger partial charge in [0.25, 0.3) is 5.91 Å². The monoisotopic (exact) mass is 380 g/mol. The van der Waals surface area contributed by atoms with Crippen LogP contribution in [0.3, 0.4) is 0 Å². The molecule has 0 unspecified atom stereocenters. The van der Waals surface area contributed by atoms with Crippen LogP contribution in [0, 0.1) is 32.1 Å². The Balaban J connectivity index is 1.93. The third-order valence-electron chi connectivity index (χ3n) is 4.09. The van der Waals surface area contributed by atoms with E-state index < -0.39 is 5.91 Å². The van der Waals surface area contributed by atoms with Crippen LogP contribution >= 0.6 is 11.6 Å². The molecule has 27 heavy (non-hydrogen) atoms. The fourth-order valence-corrected chi connectivity index (χ4v) is 2.96. The molecule has 2 heterocycles. The van der Waals surface area contributed by atoms with E-state index in [9.17, 15) is 10.1 Å². The van der Waals surface area contributed by atoms with Crippen LogP contribution in [0.4, 0.5) is 5.82 Å². The highest BCUT2D eigenvalue weighted by Crippen LogP contribution is 2.24. The van der Waals surface area contributed by atoms with Gasteiger partial charge in [0.15, 0.2) is 5.82 Å². The Bertz CT molecular complexity index is 1070. The van der Waals surface area contributed by atoms with Crippen molar-refractivity contribution in [1.29, 1.82) is 5.26 Å². The van der Waals surface area contributed by atoms with E-state index in [1.165, 1.54) is 0 Å². The lowest BCUT2D eigenvalue weighted by Gasteiger charge is -2.09.